The fraction of sp³-hybridized carbons (Fsp3) is 0.320. The van der Waals surface area contributed by atoms with E-state index in [1.165, 1.54) is 5.57 Å². The number of fused-ring (bicyclic) bond motifs is 1. The first-order valence-corrected chi connectivity index (χ1v) is 11.1. The van der Waals surface area contributed by atoms with Gasteiger partial charge in [0.25, 0.3) is 0 Å². The van der Waals surface area contributed by atoms with E-state index in [1.807, 2.05) is 41.1 Å². The zero-order chi connectivity index (χ0) is 23.7. The highest BCUT2D eigenvalue weighted by Crippen LogP contribution is 2.46. The van der Waals surface area contributed by atoms with Crippen LogP contribution in [-0.4, -0.2) is 48.6 Å². The molecule has 1 aliphatic carbocycles. The number of nitrogens with zero attached hydrogens (tertiary/aromatic N) is 4. The van der Waals surface area contributed by atoms with E-state index in [0.29, 0.717) is 5.95 Å². The maximum atomic E-state index is 5.72. The van der Waals surface area contributed by atoms with Crippen molar-refractivity contribution in [1.29, 1.82) is 0 Å². The van der Waals surface area contributed by atoms with E-state index >= 15 is 0 Å². The summed E-state index contributed by atoms with van der Waals surface area (Å²) in [7, 11) is 6.66. The molecule has 0 saturated heterocycles. The molecule has 0 unspecified atom stereocenters. The Hall–Kier alpha value is -4.01. The highest BCUT2D eigenvalue weighted by molar-refractivity contribution is 5.69. The number of aromatic nitrogens is 4. The van der Waals surface area contributed by atoms with Crippen molar-refractivity contribution in [3.8, 4) is 23.0 Å². The molecule has 1 N–H and O–H groups in total. The Morgan fingerprint density at radius 3 is 2.38 bits per heavy atom. The molecular formula is C25H27N5O4. The van der Waals surface area contributed by atoms with Gasteiger partial charge in [0, 0.05) is 16.8 Å². The second-order valence-corrected chi connectivity index (χ2v) is 8.11. The van der Waals surface area contributed by atoms with Gasteiger partial charge in [0.05, 0.1) is 28.4 Å². The third kappa shape index (κ3) is 3.72. The Morgan fingerprint density at radius 2 is 1.65 bits per heavy atom. The molecule has 34 heavy (non-hydrogen) atoms. The van der Waals surface area contributed by atoms with Crippen molar-refractivity contribution in [3.05, 3.63) is 64.4 Å². The maximum absolute atomic E-state index is 5.72. The molecule has 176 valence electrons. The molecule has 2 heterocycles. The van der Waals surface area contributed by atoms with Crippen LogP contribution in [-0.2, 0) is 0 Å². The normalized spacial score (nSPS) is 18.1. The van der Waals surface area contributed by atoms with Crippen LogP contribution in [0.5, 0.6) is 23.0 Å². The van der Waals surface area contributed by atoms with Gasteiger partial charge in [-0.15, -0.1) is 0 Å². The van der Waals surface area contributed by atoms with E-state index in [9.17, 15) is 0 Å². The Bertz CT molecular complexity index is 1280. The average Bonchev–Trinajstić information content (AvgIpc) is 3.35. The number of allylic oxidation sites excluding steroid dienone is 2. The maximum Gasteiger partial charge on any atom is 0.248 e. The van der Waals surface area contributed by atoms with Crippen LogP contribution in [0.15, 0.2) is 53.2 Å². The summed E-state index contributed by atoms with van der Waals surface area (Å²) in [5.41, 5.74) is 5.30. The Balaban J connectivity index is 1.68. The molecule has 9 heteroatoms. The second-order valence-electron chi connectivity index (χ2n) is 8.11. The number of nitrogens with one attached hydrogen (secondary N) is 1. The summed E-state index contributed by atoms with van der Waals surface area (Å²) in [5.74, 6) is 3.65. The molecule has 0 fully saturated rings. The third-order valence-electron chi connectivity index (χ3n) is 6.34. The van der Waals surface area contributed by atoms with Gasteiger partial charge in [-0.3, -0.25) is 0 Å². The fourth-order valence-corrected chi connectivity index (χ4v) is 4.73. The molecule has 1 aromatic heterocycles. The minimum absolute atomic E-state index is 0.220. The number of ether oxygens (including phenoxy) is 4. The second kappa shape index (κ2) is 9.09. The summed E-state index contributed by atoms with van der Waals surface area (Å²) < 4.78 is 24.1. The lowest BCUT2D eigenvalue weighted by Crippen LogP contribution is -2.28. The molecule has 0 bridgehead atoms. The minimum Gasteiger partial charge on any atom is -0.497 e. The summed E-state index contributed by atoms with van der Waals surface area (Å²) in [6.07, 6.45) is 4.97. The number of hydrogen-bond donors (Lipinski definition) is 1. The van der Waals surface area contributed by atoms with Crippen molar-refractivity contribution in [2.24, 2.45) is 0 Å². The smallest absolute Gasteiger partial charge is 0.248 e. The van der Waals surface area contributed by atoms with E-state index in [1.54, 1.807) is 28.4 Å². The van der Waals surface area contributed by atoms with Crippen LogP contribution in [0, 0.1) is 0 Å². The quantitative estimate of drug-likeness (QED) is 0.583. The van der Waals surface area contributed by atoms with Crippen molar-refractivity contribution < 1.29 is 18.9 Å². The van der Waals surface area contributed by atoms with Crippen molar-refractivity contribution in [2.75, 3.05) is 33.8 Å². The van der Waals surface area contributed by atoms with Crippen LogP contribution in [0.4, 0.5) is 5.95 Å². The van der Waals surface area contributed by atoms with Gasteiger partial charge in [0.15, 0.2) is 0 Å². The van der Waals surface area contributed by atoms with Crippen LogP contribution >= 0.6 is 0 Å². The zero-order valence-electron chi connectivity index (χ0n) is 19.7. The lowest BCUT2D eigenvalue weighted by atomic mass is 9.83. The summed E-state index contributed by atoms with van der Waals surface area (Å²) in [6, 6.07) is 11.4. The van der Waals surface area contributed by atoms with E-state index in [0.717, 1.165) is 64.7 Å². The first-order chi connectivity index (χ1) is 16.7. The molecule has 0 saturated carbocycles. The molecule has 2 aromatic carbocycles. The highest BCUT2D eigenvalue weighted by atomic mass is 16.5. The Kier molecular flexibility index (Phi) is 5.83. The van der Waals surface area contributed by atoms with Gasteiger partial charge in [-0.05, 0) is 83.3 Å². The predicted octanol–water partition coefficient (Wildman–Crippen LogP) is 4.24. The number of methoxy groups -OCH3 is 4. The van der Waals surface area contributed by atoms with Gasteiger partial charge in [-0.1, -0.05) is 5.10 Å². The molecule has 5 rings (SSSR count). The molecule has 2 aliphatic rings. The monoisotopic (exact) mass is 461 g/mol. The minimum atomic E-state index is -0.220. The van der Waals surface area contributed by atoms with Gasteiger partial charge in [0.1, 0.15) is 29.0 Å². The molecule has 0 amide bonds. The largest absolute Gasteiger partial charge is 0.497 e. The lowest BCUT2D eigenvalue weighted by Gasteiger charge is -2.34. The van der Waals surface area contributed by atoms with Crippen LogP contribution in [0.2, 0.25) is 0 Å². The molecular weight excluding hydrogens is 434 g/mol. The van der Waals surface area contributed by atoms with Gasteiger partial charge >= 0.3 is 0 Å². The van der Waals surface area contributed by atoms with E-state index in [-0.39, 0.29) is 6.04 Å². The van der Waals surface area contributed by atoms with Crippen LogP contribution < -0.4 is 24.3 Å². The standard InChI is InChI=1S/C25H27N5O4/c1-31-17-8-10-21(33-3)16(13-17)12-15-6-5-7-19-23(15)26-25-27-28-29-30(25)24(19)20-14-18(32-2)9-11-22(20)34-4/h8-14,24H,5-7H2,1-4H3,(H,26,27,29)/b15-12+/t24-/m1/s1. The number of tetrazole rings is 1. The van der Waals surface area contributed by atoms with E-state index < -0.39 is 0 Å². The number of rotatable bonds is 6. The van der Waals surface area contributed by atoms with E-state index in [4.69, 9.17) is 18.9 Å². The molecule has 1 atom stereocenters. The van der Waals surface area contributed by atoms with Crippen molar-refractivity contribution in [2.45, 2.75) is 25.3 Å². The number of hydrogen-bond acceptors (Lipinski definition) is 8. The van der Waals surface area contributed by atoms with Crippen LogP contribution in [0.25, 0.3) is 6.08 Å². The predicted molar refractivity (Wildman–Crippen MR) is 128 cm³/mol. The fourth-order valence-electron chi connectivity index (χ4n) is 4.73. The van der Waals surface area contributed by atoms with Crippen LogP contribution in [0.3, 0.4) is 0 Å². The molecule has 0 spiro atoms. The first kappa shape index (κ1) is 21.8. The van der Waals surface area contributed by atoms with E-state index in [2.05, 4.69) is 26.9 Å². The average molecular weight is 462 g/mol. The van der Waals surface area contributed by atoms with Gasteiger partial charge in [0.2, 0.25) is 5.95 Å². The lowest BCUT2D eigenvalue weighted by molar-refractivity contribution is 0.390. The summed E-state index contributed by atoms with van der Waals surface area (Å²) in [5, 5.41) is 16.0. The first-order valence-electron chi connectivity index (χ1n) is 11.1. The van der Waals surface area contributed by atoms with Crippen molar-refractivity contribution in [3.63, 3.8) is 0 Å². The Labute approximate surface area is 198 Å². The number of benzene rings is 2. The van der Waals surface area contributed by atoms with Crippen LogP contribution in [0.1, 0.15) is 36.4 Å². The third-order valence-corrected chi connectivity index (χ3v) is 6.34. The molecule has 1 aliphatic heterocycles. The number of anilines is 1. The highest BCUT2D eigenvalue weighted by Gasteiger charge is 2.35. The molecule has 0 radical (unpaired) electrons. The molecule has 9 nitrogen and oxygen atoms in total. The topological polar surface area (TPSA) is 92.6 Å². The van der Waals surface area contributed by atoms with Crippen molar-refractivity contribution in [1.82, 2.24) is 20.2 Å². The SMILES string of the molecule is COc1ccc(OC)c(/C=C2\CCCC3=C2Nc2nnnn2[C@H]3c2cc(OC)ccc2OC)c1. The van der Waals surface area contributed by atoms with Gasteiger partial charge in [-0.25, -0.2) is 0 Å². The summed E-state index contributed by atoms with van der Waals surface area (Å²) >= 11 is 0. The molecule has 3 aromatic rings. The Morgan fingerprint density at radius 1 is 0.912 bits per heavy atom. The van der Waals surface area contributed by atoms with Gasteiger partial charge in [-0.2, -0.15) is 4.68 Å². The summed E-state index contributed by atoms with van der Waals surface area (Å²) in [4.78, 5) is 0. The summed E-state index contributed by atoms with van der Waals surface area (Å²) in [6.45, 7) is 0. The van der Waals surface area contributed by atoms with Gasteiger partial charge < -0.3 is 24.3 Å². The zero-order valence-corrected chi connectivity index (χ0v) is 19.7. The van der Waals surface area contributed by atoms with Crippen molar-refractivity contribution >= 4 is 12.0 Å².